The maximum atomic E-state index is 12.1. The van der Waals surface area contributed by atoms with Gasteiger partial charge in [0.15, 0.2) is 0 Å². The summed E-state index contributed by atoms with van der Waals surface area (Å²) in [5.74, 6) is 4.50. The highest BCUT2D eigenvalue weighted by molar-refractivity contribution is 5.95. The predicted molar refractivity (Wildman–Crippen MR) is 84.9 cm³/mol. The Morgan fingerprint density at radius 3 is 2.50 bits per heavy atom. The second kappa shape index (κ2) is 7.80. The van der Waals surface area contributed by atoms with Gasteiger partial charge >= 0.3 is 0 Å². The van der Waals surface area contributed by atoms with Crippen LogP contribution in [0.2, 0.25) is 0 Å². The summed E-state index contributed by atoms with van der Waals surface area (Å²) in [6.07, 6.45) is 0. The van der Waals surface area contributed by atoms with E-state index in [0.29, 0.717) is 17.8 Å². The van der Waals surface area contributed by atoms with Crippen molar-refractivity contribution in [1.29, 1.82) is 0 Å². The van der Waals surface area contributed by atoms with Crippen LogP contribution in [0.25, 0.3) is 0 Å². The number of hydrogen-bond donors (Lipinski definition) is 4. The van der Waals surface area contributed by atoms with Crippen LogP contribution in [0.3, 0.4) is 0 Å². The van der Waals surface area contributed by atoms with E-state index >= 15 is 0 Å². The maximum absolute atomic E-state index is 12.1. The molecule has 0 aliphatic carbocycles. The number of carbonyl (C=O) groups is 2. The molecule has 6 heteroatoms. The van der Waals surface area contributed by atoms with Crippen LogP contribution in [0.5, 0.6) is 0 Å². The first kappa shape index (κ1) is 15.5. The number of rotatable bonds is 6. The molecule has 2 aromatic carbocycles. The molecular weight excluding hydrogens is 280 g/mol. The number of nitrogens with one attached hydrogen (secondary N) is 3. The minimum absolute atomic E-state index is 0.0472. The summed E-state index contributed by atoms with van der Waals surface area (Å²) in [6.45, 7) is 0.512. The van der Waals surface area contributed by atoms with E-state index in [4.69, 9.17) is 5.84 Å². The normalized spacial score (nSPS) is 9.86. The summed E-state index contributed by atoms with van der Waals surface area (Å²) in [5, 5.41) is 5.74. The second-order valence-corrected chi connectivity index (χ2v) is 4.67. The molecule has 0 saturated heterocycles. The van der Waals surface area contributed by atoms with Crippen molar-refractivity contribution >= 4 is 17.5 Å². The third-order valence-electron chi connectivity index (χ3n) is 3.03. The van der Waals surface area contributed by atoms with Crippen LogP contribution >= 0.6 is 0 Å². The number of amides is 2. The molecule has 0 saturated carbocycles. The fourth-order valence-corrected chi connectivity index (χ4v) is 1.88. The summed E-state index contributed by atoms with van der Waals surface area (Å²) in [5.41, 5.74) is 4.26. The van der Waals surface area contributed by atoms with E-state index < -0.39 is 0 Å². The molecule has 0 radical (unpaired) electrons. The van der Waals surface area contributed by atoms with Crippen LogP contribution in [-0.4, -0.2) is 18.4 Å². The van der Waals surface area contributed by atoms with Gasteiger partial charge in [0.05, 0.1) is 6.54 Å². The predicted octanol–water partition coefficient (Wildman–Crippen LogP) is 1.02. The number of benzene rings is 2. The summed E-state index contributed by atoms with van der Waals surface area (Å²) >= 11 is 0. The monoisotopic (exact) mass is 298 g/mol. The standard InChI is InChI=1S/C16H18N4O2/c17-20-15(21)11-18-14-8-4-7-13(9-14)16(22)19-10-12-5-2-1-3-6-12/h1-9,18H,10-11,17H2,(H,19,22)(H,20,21). The Hall–Kier alpha value is -2.86. The van der Waals surface area contributed by atoms with Crippen LogP contribution in [0.4, 0.5) is 5.69 Å². The van der Waals surface area contributed by atoms with Gasteiger partial charge in [-0.05, 0) is 23.8 Å². The van der Waals surface area contributed by atoms with Crippen LogP contribution in [-0.2, 0) is 11.3 Å². The molecule has 0 unspecified atom stereocenters. The van der Waals surface area contributed by atoms with Crippen molar-refractivity contribution in [2.24, 2.45) is 5.84 Å². The van der Waals surface area contributed by atoms with Crippen LogP contribution < -0.4 is 21.9 Å². The van der Waals surface area contributed by atoms with Crippen molar-refractivity contribution in [3.05, 3.63) is 65.7 Å². The molecule has 0 fully saturated rings. The zero-order chi connectivity index (χ0) is 15.8. The Morgan fingerprint density at radius 1 is 1.00 bits per heavy atom. The van der Waals surface area contributed by atoms with Gasteiger partial charge in [-0.2, -0.15) is 0 Å². The molecule has 2 amide bonds. The van der Waals surface area contributed by atoms with Crippen molar-refractivity contribution in [3.63, 3.8) is 0 Å². The van der Waals surface area contributed by atoms with Crippen molar-refractivity contribution in [3.8, 4) is 0 Å². The molecule has 5 N–H and O–H groups in total. The average Bonchev–Trinajstić information content (AvgIpc) is 2.58. The van der Waals surface area contributed by atoms with E-state index in [0.717, 1.165) is 5.56 Å². The lowest BCUT2D eigenvalue weighted by Gasteiger charge is -2.08. The van der Waals surface area contributed by atoms with Crippen molar-refractivity contribution in [1.82, 2.24) is 10.7 Å². The summed E-state index contributed by atoms with van der Waals surface area (Å²) in [7, 11) is 0. The van der Waals surface area contributed by atoms with Gasteiger partial charge in [0.1, 0.15) is 0 Å². The molecule has 22 heavy (non-hydrogen) atoms. The molecule has 0 aromatic heterocycles. The summed E-state index contributed by atoms with van der Waals surface area (Å²) in [4.78, 5) is 23.2. The Labute approximate surface area is 128 Å². The van der Waals surface area contributed by atoms with Gasteiger partial charge in [0, 0.05) is 17.8 Å². The van der Waals surface area contributed by atoms with Crippen LogP contribution in [0, 0.1) is 0 Å². The molecule has 2 rings (SSSR count). The Balaban J connectivity index is 1.93. The van der Waals surface area contributed by atoms with Crippen molar-refractivity contribution < 1.29 is 9.59 Å². The lowest BCUT2D eigenvalue weighted by Crippen LogP contribution is -2.35. The van der Waals surface area contributed by atoms with Crippen molar-refractivity contribution in [2.45, 2.75) is 6.54 Å². The van der Waals surface area contributed by atoms with Gasteiger partial charge in [0.2, 0.25) is 0 Å². The van der Waals surface area contributed by atoms with Crippen molar-refractivity contribution in [2.75, 3.05) is 11.9 Å². The minimum atomic E-state index is -0.334. The lowest BCUT2D eigenvalue weighted by atomic mass is 10.1. The summed E-state index contributed by atoms with van der Waals surface area (Å²) < 4.78 is 0. The number of anilines is 1. The molecule has 2 aromatic rings. The largest absolute Gasteiger partial charge is 0.376 e. The lowest BCUT2D eigenvalue weighted by molar-refractivity contribution is -0.119. The molecule has 0 heterocycles. The Morgan fingerprint density at radius 2 is 1.77 bits per heavy atom. The first-order chi connectivity index (χ1) is 10.7. The van der Waals surface area contributed by atoms with Gasteiger partial charge in [-0.3, -0.25) is 15.0 Å². The molecule has 6 nitrogen and oxygen atoms in total. The molecule has 0 aliphatic heterocycles. The van der Waals surface area contributed by atoms with E-state index in [1.54, 1.807) is 24.3 Å². The van der Waals surface area contributed by atoms with Gasteiger partial charge in [-0.25, -0.2) is 5.84 Å². The van der Waals surface area contributed by atoms with Gasteiger partial charge in [-0.15, -0.1) is 0 Å². The first-order valence-electron chi connectivity index (χ1n) is 6.84. The SMILES string of the molecule is NNC(=O)CNc1cccc(C(=O)NCc2ccccc2)c1. The molecule has 0 bridgehead atoms. The van der Waals surface area contributed by atoms with E-state index in [1.807, 2.05) is 35.8 Å². The third kappa shape index (κ3) is 4.60. The first-order valence-corrected chi connectivity index (χ1v) is 6.84. The number of hydrogen-bond acceptors (Lipinski definition) is 4. The van der Waals surface area contributed by atoms with Gasteiger partial charge in [0.25, 0.3) is 11.8 Å². The second-order valence-electron chi connectivity index (χ2n) is 4.67. The smallest absolute Gasteiger partial charge is 0.253 e. The maximum Gasteiger partial charge on any atom is 0.253 e. The zero-order valence-corrected chi connectivity index (χ0v) is 12.0. The van der Waals surface area contributed by atoms with Gasteiger partial charge in [-0.1, -0.05) is 36.4 Å². The van der Waals surface area contributed by atoms with E-state index in [2.05, 4.69) is 10.6 Å². The highest BCUT2D eigenvalue weighted by Crippen LogP contribution is 2.10. The molecule has 114 valence electrons. The summed E-state index contributed by atoms with van der Waals surface area (Å²) in [6, 6.07) is 16.6. The van der Waals surface area contributed by atoms with E-state index in [9.17, 15) is 9.59 Å². The number of hydrazine groups is 1. The molecule has 0 aliphatic rings. The Kier molecular flexibility index (Phi) is 5.50. The highest BCUT2D eigenvalue weighted by atomic mass is 16.2. The van der Waals surface area contributed by atoms with Gasteiger partial charge < -0.3 is 10.6 Å². The molecule has 0 spiro atoms. The van der Waals surface area contributed by atoms with E-state index in [1.165, 1.54) is 0 Å². The van der Waals surface area contributed by atoms with Crippen LogP contribution in [0.15, 0.2) is 54.6 Å². The zero-order valence-electron chi connectivity index (χ0n) is 12.0. The highest BCUT2D eigenvalue weighted by Gasteiger charge is 2.06. The minimum Gasteiger partial charge on any atom is -0.376 e. The van der Waals surface area contributed by atoms with Crippen LogP contribution in [0.1, 0.15) is 15.9 Å². The molecule has 0 atom stereocenters. The Bertz CT molecular complexity index is 644. The topological polar surface area (TPSA) is 96.2 Å². The fraction of sp³-hybridized carbons (Fsp3) is 0.125. The number of carbonyl (C=O) groups excluding carboxylic acids is 2. The number of nitrogens with two attached hydrogens (primary N) is 1. The fourth-order valence-electron chi connectivity index (χ4n) is 1.88. The molecular formula is C16H18N4O2. The average molecular weight is 298 g/mol. The third-order valence-corrected chi connectivity index (χ3v) is 3.03. The quantitative estimate of drug-likeness (QED) is 0.364. The van der Waals surface area contributed by atoms with E-state index in [-0.39, 0.29) is 18.4 Å².